The van der Waals surface area contributed by atoms with Crippen LogP contribution in [-0.2, 0) is 10.0 Å². The number of nitrogens with zero attached hydrogens (tertiary/aromatic N) is 3. The summed E-state index contributed by atoms with van der Waals surface area (Å²) in [4.78, 5) is 12.7. The first-order valence-corrected chi connectivity index (χ1v) is 13.9. The average Bonchev–Trinajstić information content (AvgIpc) is 2.94. The van der Waals surface area contributed by atoms with Gasteiger partial charge in [0.1, 0.15) is 4.90 Å². The molecule has 13 heteroatoms. The normalized spacial score (nSPS) is 15.5. The number of ether oxygens (including phenoxy) is 1. The van der Waals surface area contributed by atoms with E-state index in [0.717, 1.165) is 38.1 Å². The maximum atomic E-state index is 15.0. The molecule has 1 atom stereocenters. The van der Waals surface area contributed by atoms with E-state index in [1.807, 2.05) is 4.72 Å². The number of benzene rings is 2. The second-order valence-corrected chi connectivity index (χ2v) is 10.7. The molecule has 202 valence electrons. The van der Waals surface area contributed by atoms with Crippen molar-refractivity contribution in [2.75, 3.05) is 23.1 Å². The molecule has 1 saturated heterocycles. The van der Waals surface area contributed by atoms with Crippen LogP contribution < -0.4 is 20.1 Å². The van der Waals surface area contributed by atoms with Gasteiger partial charge in [-0.1, -0.05) is 23.7 Å². The molecule has 0 radical (unpaired) electrons. The Balaban J connectivity index is 1.39. The number of hydrogen-bond acceptors (Lipinski definition) is 8. The highest BCUT2D eigenvalue weighted by molar-refractivity contribution is 7.92. The third kappa shape index (κ3) is 6.08. The van der Waals surface area contributed by atoms with Crippen LogP contribution in [0.5, 0.6) is 11.6 Å². The number of piperidine rings is 1. The van der Waals surface area contributed by atoms with Gasteiger partial charge in [0.05, 0.1) is 22.0 Å². The van der Waals surface area contributed by atoms with Gasteiger partial charge in [-0.3, -0.25) is 4.72 Å². The summed E-state index contributed by atoms with van der Waals surface area (Å²) in [5.74, 6) is -2.95. The molecule has 1 aliphatic rings. The molecule has 3 heterocycles. The quantitative estimate of drug-likeness (QED) is 0.263. The molecule has 9 nitrogen and oxygen atoms in total. The summed E-state index contributed by atoms with van der Waals surface area (Å²) in [5.41, 5.74) is 0.280. The first-order chi connectivity index (χ1) is 18.8. The molecule has 2 aromatic heterocycles. The number of hydrogen-bond donors (Lipinski definition) is 3. The Kier molecular flexibility index (Phi) is 7.87. The Morgan fingerprint density at radius 1 is 1.00 bits per heavy atom. The maximum absolute atomic E-state index is 15.0. The molecule has 0 spiro atoms. The standard InChI is InChI=1S/C26H23ClF2N6O3S/c27-18-7-1-2-8-22(18)39(36,37)35-20-9-10-21(24(29)23(20)28)38-25-17(6-4-13-31-25)19-11-14-32-26(34-19)33-16-5-3-12-30-15-16/h1-2,4,6-11,13-14,16,30,35H,3,5,12,15H2,(H,32,33,34)/t16-/m0/s1. The average molecular weight is 573 g/mol. The lowest BCUT2D eigenvalue weighted by molar-refractivity contribution is 0.407. The summed E-state index contributed by atoms with van der Waals surface area (Å²) >= 11 is 5.96. The van der Waals surface area contributed by atoms with Crippen molar-refractivity contribution in [3.8, 4) is 22.9 Å². The lowest BCUT2D eigenvalue weighted by Gasteiger charge is -2.23. The highest BCUT2D eigenvalue weighted by atomic mass is 35.5. The SMILES string of the molecule is O=S(=O)(Nc1ccc(Oc2ncccc2-c2ccnc(N[C@H]3CCCNC3)n2)c(F)c1F)c1ccccc1Cl. The molecule has 0 amide bonds. The largest absolute Gasteiger partial charge is 0.435 e. The molecule has 1 fully saturated rings. The fourth-order valence-corrected chi connectivity index (χ4v) is 5.64. The van der Waals surface area contributed by atoms with Crippen molar-refractivity contribution in [2.24, 2.45) is 0 Å². The molecule has 3 N–H and O–H groups in total. The Morgan fingerprint density at radius 2 is 1.85 bits per heavy atom. The van der Waals surface area contributed by atoms with E-state index in [1.54, 1.807) is 30.5 Å². The predicted octanol–water partition coefficient (Wildman–Crippen LogP) is 5.23. The lowest BCUT2D eigenvalue weighted by Crippen LogP contribution is -2.38. The number of nitrogens with one attached hydrogen (secondary N) is 3. The number of rotatable bonds is 8. The zero-order valence-electron chi connectivity index (χ0n) is 20.4. The number of pyridine rings is 1. The molecule has 0 aliphatic carbocycles. The maximum Gasteiger partial charge on any atom is 0.263 e. The van der Waals surface area contributed by atoms with Crippen LogP contribution in [0.1, 0.15) is 12.8 Å². The molecule has 0 bridgehead atoms. The fourth-order valence-electron chi connectivity index (χ4n) is 4.06. The van der Waals surface area contributed by atoms with Gasteiger partial charge in [-0.05, 0) is 61.9 Å². The van der Waals surface area contributed by atoms with Crippen LogP contribution in [0.25, 0.3) is 11.3 Å². The van der Waals surface area contributed by atoms with Gasteiger partial charge >= 0.3 is 0 Å². The first kappa shape index (κ1) is 26.7. The van der Waals surface area contributed by atoms with E-state index in [9.17, 15) is 12.8 Å². The van der Waals surface area contributed by atoms with Gasteiger partial charge in [0.15, 0.2) is 11.6 Å². The highest BCUT2D eigenvalue weighted by Crippen LogP contribution is 2.35. The molecule has 4 aromatic rings. The zero-order chi connectivity index (χ0) is 27.4. The molecular formula is C26H23ClF2N6O3S. The molecule has 5 rings (SSSR count). The Hall–Kier alpha value is -3.87. The van der Waals surface area contributed by atoms with Crippen LogP contribution in [-0.4, -0.2) is 42.5 Å². The molecule has 1 aliphatic heterocycles. The van der Waals surface area contributed by atoms with Crippen LogP contribution in [0.3, 0.4) is 0 Å². The minimum Gasteiger partial charge on any atom is -0.435 e. The van der Waals surface area contributed by atoms with E-state index in [-0.39, 0.29) is 21.8 Å². The third-order valence-electron chi connectivity index (χ3n) is 5.96. The Bertz CT molecular complexity index is 1600. The van der Waals surface area contributed by atoms with Crippen molar-refractivity contribution < 1.29 is 21.9 Å². The van der Waals surface area contributed by atoms with Crippen LogP contribution in [0.2, 0.25) is 5.02 Å². The second kappa shape index (κ2) is 11.5. The van der Waals surface area contributed by atoms with Crippen molar-refractivity contribution in [1.82, 2.24) is 20.3 Å². The van der Waals surface area contributed by atoms with Crippen LogP contribution in [0.4, 0.5) is 20.4 Å². The number of sulfonamides is 1. The highest BCUT2D eigenvalue weighted by Gasteiger charge is 2.23. The van der Waals surface area contributed by atoms with E-state index in [0.29, 0.717) is 17.2 Å². The van der Waals surface area contributed by atoms with Gasteiger partial charge in [-0.25, -0.2) is 27.8 Å². The van der Waals surface area contributed by atoms with Gasteiger partial charge in [0.2, 0.25) is 17.6 Å². The zero-order valence-corrected chi connectivity index (χ0v) is 21.9. The summed E-state index contributed by atoms with van der Waals surface area (Å²) in [5, 5.41) is 6.55. The minimum atomic E-state index is -4.28. The van der Waals surface area contributed by atoms with Crippen molar-refractivity contribution in [2.45, 2.75) is 23.8 Å². The minimum absolute atomic E-state index is 0.0239. The summed E-state index contributed by atoms with van der Waals surface area (Å²) in [7, 11) is -4.28. The summed E-state index contributed by atoms with van der Waals surface area (Å²) in [6.07, 6.45) is 5.04. The summed E-state index contributed by atoms with van der Waals surface area (Å²) < 4.78 is 63.0. The first-order valence-electron chi connectivity index (χ1n) is 12.0. The van der Waals surface area contributed by atoms with Crippen LogP contribution >= 0.6 is 11.6 Å². The summed E-state index contributed by atoms with van der Waals surface area (Å²) in [6.45, 7) is 1.77. The van der Waals surface area contributed by atoms with E-state index in [4.69, 9.17) is 16.3 Å². The molecule has 39 heavy (non-hydrogen) atoms. The Labute approximate surface area is 228 Å². The van der Waals surface area contributed by atoms with Gasteiger partial charge in [-0.15, -0.1) is 0 Å². The monoisotopic (exact) mass is 572 g/mol. The van der Waals surface area contributed by atoms with E-state index in [2.05, 4.69) is 25.6 Å². The van der Waals surface area contributed by atoms with Gasteiger partial charge in [0, 0.05) is 25.0 Å². The Morgan fingerprint density at radius 3 is 2.64 bits per heavy atom. The van der Waals surface area contributed by atoms with Crippen molar-refractivity contribution in [1.29, 1.82) is 0 Å². The molecular weight excluding hydrogens is 550 g/mol. The predicted molar refractivity (Wildman–Crippen MR) is 143 cm³/mol. The van der Waals surface area contributed by atoms with Gasteiger partial charge < -0.3 is 15.4 Å². The van der Waals surface area contributed by atoms with Crippen LogP contribution in [0.15, 0.2) is 71.9 Å². The van der Waals surface area contributed by atoms with E-state index < -0.39 is 33.1 Å². The fraction of sp³-hybridized carbons (Fsp3) is 0.192. The van der Waals surface area contributed by atoms with Crippen LogP contribution in [0, 0.1) is 11.6 Å². The lowest BCUT2D eigenvalue weighted by atomic mass is 10.1. The van der Waals surface area contributed by atoms with E-state index >= 15 is 4.39 Å². The second-order valence-electron chi connectivity index (χ2n) is 8.69. The van der Waals surface area contributed by atoms with Gasteiger partial charge in [0.25, 0.3) is 10.0 Å². The van der Waals surface area contributed by atoms with Gasteiger partial charge in [-0.2, -0.15) is 4.39 Å². The topological polar surface area (TPSA) is 118 Å². The number of halogens is 3. The third-order valence-corrected chi connectivity index (χ3v) is 7.82. The molecule has 2 aromatic carbocycles. The molecule has 0 saturated carbocycles. The number of aromatic nitrogens is 3. The summed E-state index contributed by atoms with van der Waals surface area (Å²) in [6, 6.07) is 13.0. The van der Waals surface area contributed by atoms with Crippen molar-refractivity contribution >= 4 is 33.3 Å². The smallest absolute Gasteiger partial charge is 0.263 e. The van der Waals surface area contributed by atoms with Crippen molar-refractivity contribution in [3.63, 3.8) is 0 Å². The van der Waals surface area contributed by atoms with Crippen molar-refractivity contribution in [3.05, 3.63) is 83.6 Å². The number of anilines is 2. The van der Waals surface area contributed by atoms with E-state index in [1.165, 1.54) is 24.4 Å². The molecule has 0 unspecified atom stereocenters.